The Bertz CT molecular complexity index is 1170. The van der Waals surface area contributed by atoms with Crippen LogP contribution in [0.2, 0.25) is 0 Å². The number of benzene rings is 1. The summed E-state index contributed by atoms with van der Waals surface area (Å²) in [4.78, 5) is 45.7. The lowest BCUT2D eigenvalue weighted by atomic mass is 10.2. The summed E-state index contributed by atoms with van der Waals surface area (Å²) in [6, 6.07) is 7.18. The van der Waals surface area contributed by atoms with Crippen molar-refractivity contribution >= 4 is 66.8 Å². The van der Waals surface area contributed by atoms with Crippen molar-refractivity contribution in [3.63, 3.8) is 0 Å². The van der Waals surface area contributed by atoms with Crippen LogP contribution in [0.15, 0.2) is 33.5 Å². The fourth-order valence-corrected chi connectivity index (χ4v) is 5.63. The highest BCUT2D eigenvalue weighted by Gasteiger charge is 2.21. The molecule has 3 aromatic rings. The summed E-state index contributed by atoms with van der Waals surface area (Å²) in [5, 5.41) is 3.39. The molecule has 0 saturated carbocycles. The minimum Gasteiger partial charge on any atom is -0.455 e. The molecule has 1 aliphatic carbocycles. The minimum absolute atomic E-state index is 0.0605. The number of anilines is 1. The van der Waals surface area contributed by atoms with E-state index in [-0.39, 0.29) is 17.9 Å². The number of halogens is 1. The number of rotatable bonds is 7. The number of thiophene rings is 1. The molecule has 0 spiro atoms. The maximum absolute atomic E-state index is 12.4. The molecule has 10 heteroatoms. The number of esters is 1. The van der Waals surface area contributed by atoms with E-state index in [0.717, 1.165) is 39.5 Å². The molecule has 0 aliphatic heterocycles. The average Bonchev–Trinajstić information content (AvgIpc) is 3.29. The molecule has 2 N–H and O–H groups in total. The Balaban J connectivity index is 1.25. The van der Waals surface area contributed by atoms with E-state index >= 15 is 0 Å². The molecule has 1 aromatic carbocycles. The molecule has 1 amide bonds. The molecule has 0 radical (unpaired) electrons. The van der Waals surface area contributed by atoms with Gasteiger partial charge in [-0.15, -0.1) is 23.1 Å². The standard InChI is InChI=1S/C20H18BrN3O4S2/c21-12-5-1-2-6-13(12)22-16(25)8-28-17(26)10-29-9-15-23-19(27)18-11-4-3-7-14(11)30-20(18)24-15/h1-2,5-6H,3-4,7-10H2,(H,22,25)(H,23,24,27). The number of carbonyl (C=O) groups excluding carboxylic acids is 2. The van der Waals surface area contributed by atoms with Crippen LogP contribution in [0.25, 0.3) is 10.2 Å². The van der Waals surface area contributed by atoms with E-state index in [2.05, 4.69) is 31.2 Å². The van der Waals surface area contributed by atoms with Gasteiger partial charge in [-0.1, -0.05) is 12.1 Å². The lowest BCUT2D eigenvalue weighted by Gasteiger charge is -2.08. The fraction of sp³-hybridized carbons (Fsp3) is 0.300. The van der Waals surface area contributed by atoms with Crippen LogP contribution in [0.4, 0.5) is 5.69 Å². The molecular weight excluding hydrogens is 490 g/mol. The van der Waals surface area contributed by atoms with Crippen molar-refractivity contribution in [1.82, 2.24) is 9.97 Å². The number of aromatic amines is 1. The normalized spacial score (nSPS) is 12.7. The second-order valence-electron chi connectivity index (χ2n) is 6.73. The third-order valence-electron chi connectivity index (χ3n) is 4.59. The van der Waals surface area contributed by atoms with Crippen molar-refractivity contribution in [1.29, 1.82) is 0 Å². The molecule has 0 fully saturated rings. The number of carbonyl (C=O) groups is 2. The molecule has 0 bridgehead atoms. The molecule has 7 nitrogen and oxygen atoms in total. The van der Waals surface area contributed by atoms with Gasteiger partial charge >= 0.3 is 5.97 Å². The van der Waals surface area contributed by atoms with Crippen LogP contribution in [0.3, 0.4) is 0 Å². The molecule has 1 aliphatic rings. The highest BCUT2D eigenvalue weighted by Crippen LogP contribution is 2.34. The summed E-state index contributed by atoms with van der Waals surface area (Å²) < 4.78 is 5.76. The lowest BCUT2D eigenvalue weighted by molar-refractivity contribution is -0.144. The number of ether oxygens (including phenoxy) is 1. The van der Waals surface area contributed by atoms with E-state index in [4.69, 9.17) is 4.74 Å². The zero-order chi connectivity index (χ0) is 21.1. The Hall–Kier alpha value is -2.17. The van der Waals surface area contributed by atoms with E-state index in [1.165, 1.54) is 16.6 Å². The molecule has 2 heterocycles. The Morgan fingerprint density at radius 1 is 1.30 bits per heavy atom. The van der Waals surface area contributed by atoms with Gasteiger partial charge in [0.1, 0.15) is 10.7 Å². The molecule has 30 heavy (non-hydrogen) atoms. The van der Waals surface area contributed by atoms with Crippen molar-refractivity contribution in [2.24, 2.45) is 0 Å². The van der Waals surface area contributed by atoms with Gasteiger partial charge in [0.05, 0.1) is 22.6 Å². The monoisotopic (exact) mass is 507 g/mol. The summed E-state index contributed by atoms with van der Waals surface area (Å²) in [6.45, 7) is -0.359. The summed E-state index contributed by atoms with van der Waals surface area (Å²) >= 11 is 6.20. The van der Waals surface area contributed by atoms with Crippen LogP contribution < -0.4 is 10.9 Å². The largest absolute Gasteiger partial charge is 0.455 e. The van der Waals surface area contributed by atoms with Gasteiger partial charge in [0.2, 0.25) is 0 Å². The van der Waals surface area contributed by atoms with Crippen molar-refractivity contribution in [2.45, 2.75) is 25.0 Å². The van der Waals surface area contributed by atoms with Crippen LogP contribution in [0, 0.1) is 0 Å². The molecular formula is C20H18BrN3O4S2. The molecule has 156 valence electrons. The number of nitrogens with one attached hydrogen (secondary N) is 2. The number of nitrogens with zero attached hydrogens (tertiary/aromatic N) is 1. The first-order chi connectivity index (χ1) is 14.5. The van der Waals surface area contributed by atoms with Crippen molar-refractivity contribution in [3.05, 3.63) is 55.4 Å². The van der Waals surface area contributed by atoms with Crippen LogP contribution in [-0.2, 0) is 32.9 Å². The zero-order valence-corrected chi connectivity index (χ0v) is 19.0. The van der Waals surface area contributed by atoms with Crippen LogP contribution in [-0.4, -0.2) is 34.2 Å². The molecule has 0 saturated heterocycles. The molecule has 0 unspecified atom stereocenters. The predicted octanol–water partition coefficient (Wildman–Crippen LogP) is 3.65. The smallest absolute Gasteiger partial charge is 0.316 e. The number of fused-ring (bicyclic) bond motifs is 3. The van der Waals surface area contributed by atoms with E-state index in [1.807, 2.05) is 6.07 Å². The SMILES string of the molecule is O=C(COC(=O)CSCc1nc2sc3c(c2c(=O)[nH]1)CCC3)Nc1ccccc1Br. The Morgan fingerprint density at radius 3 is 2.97 bits per heavy atom. The van der Waals surface area contributed by atoms with E-state index in [0.29, 0.717) is 17.3 Å². The van der Waals surface area contributed by atoms with Crippen LogP contribution in [0.5, 0.6) is 0 Å². The third-order valence-corrected chi connectivity index (χ3v) is 7.39. The van der Waals surface area contributed by atoms with Gasteiger partial charge in [-0.3, -0.25) is 14.4 Å². The number of thioether (sulfide) groups is 1. The van der Waals surface area contributed by atoms with Gasteiger partial charge in [-0.25, -0.2) is 4.98 Å². The Morgan fingerprint density at radius 2 is 2.13 bits per heavy atom. The molecule has 4 rings (SSSR count). The number of amides is 1. The topological polar surface area (TPSA) is 101 Å². The summed E-state index contributed by atoms with van der Waals surface area (Å²) in [5.41, 5.74) is 1.64. The van der Waals surface area contributed by atoms with Gasteiger partial charge in [0.15, 0.2) is 6.61 Å². The maximum atomic E-state index is 12.4. The van der Waals surface area contributed by atoms with Gasteiger partial charge in [0.25, 0.3) is 11.5 Å². The fourth-order valence-electron chi connectivity index (χ4n) is 3.28. The van der Waals surface area contributed by atoms with Gasteiger partial charge < -0.3 is 15.0 Å². The first-order valence-corrected chi connectivity index (χ1v) is 12.1. The quantitative estimate of drug-likeness (QED) is 0.473. The maximum Gasteiger partial charge on any atom is 0.316 e. The number of hydrogen-bond donors (Lipinski definition) is 2. The molecule has 0 atom stereocenters. The van der Waals surface area contributed by atoms with E-state index in [9.17, 15) is 14.4 Å². The van der Waals surface area contributed by atoms with Crippen molar-refractivity contribution in [2.75, 3.05) is 17.7 Å². The summed E-state index contributed by atoms with van der Waals surface area (Å²) in [7, 11) is 0. The second-order valence-corrected chi connectivity index (χ2v) is 9.66. The first-order valence-electron chi connectivity index (χ1n) is 9.32. The first kappa shape index (κ1) is 21.1. The van der Waals surface area contributed by atoms with Gasteiger partial charge in [-0.2, -0.15) is 0 Å². The average molecular weight is 508 g/mol. The highest BCUT2D eigenvalue weighted by molar-refractivity contribution is 9.10. The van der Waals surface area contributed by atoms with Gasteiger partial charge in [-0.05, 0) is 52.9 Å². The van der Waals surface area contributed by atoms with E-state index in [1.54, 1.807) is 29.5 Å². The number of aryl methyl sites for hydroxylation is 2. The van der Waals surface area contributed by atoms with Crippen LogP contribution in [0.1, 0.15) is 22.7 Å². The summed E-state index contributed by atoms with van der Waals surface area (Å²) in [5.74, 6) is 0.0666. The van der Waals surface area contributed by atoms with Crippen molar-refractivity contribution in [3.8, 4) is 0 Å². The number of para-hydroxylation sites is 1. The Labute approximate surface area is 188 Å². The highest BCUT2D eigenvalue weighted by atomic mass is 79.9. The molecule has 2 aromatic heterocycles. The minimum atomic E-state index is -0.499. The number of hydrogen-bond acceptors (Lipinski definition) is 7. The van der Waals surface area contributed by atoms with Gasteiger partial charge in [0, 0.05) is 9.35 Å². The Kier molecular flexibility index (Phi) is 6.55. The lowest BCUT2D eigenvalue weighted by Crippen LogP contribution is -2.21. The predicted molar refractivity (Wildman–Crippen MR) is 122 cm³/mol. The number of aromatic nitrogens is 2. The van der Waals surface area contributed by atoms with Crippen LogP contribution >= 0.6 is 39.0 Å². The third kappa shape index (κ3) is 4.76. The van der Waals surface area contributed by atoms with Crippen molar-refractivity contribution < 1.29 is 14.3 Å². The zero-order valence-electron chi connectivity index (χ0n) is 15.8. The van der Waals surface area contributed by atoms with E-state index < -0.39 is 11.9 Å². The second kappa shape index (κ2) is 9.32. The summed E-state index contributed by atoms with van der Waals surface area (Å²) in [6.07, 6.45) is 3.05. The number of H-pyrrole nitrogens is 1.